The summed E-state index contributed by atoms with van der Waals surface area (Å²) in [6, 6.07) is 0. The zero-order chi connectivity index (χ0) is 19.9. The van der Waals surface area contributed by atoms with Crippen LogP contribution in [0.1, 0.15) is 12.8 Å². The number of hydrogen-bond acceptors (Lipinski definition) is 11. The maximum absolute atomic E-state index is 11.0. The van der Waals surface area contributed by atoms with Crippen LogP contribution in [0.3, 0.4) is 0 Å². The third-order valence-electron chi connectivity index (χ3n) is 3.15. The van der Waals surface area contributed by atoms with Crippen LogP contribution in [-0.2, 0) is 30.2 Å². The predicted octanol–water partition coefficient (Wildman–Crippen LogP) is -1.68. The standard InChI is InChI=1S/C12H21NO10S3/c1-25(18)5-3-2-4-8(13-23-26(19,20)21)24-12-11(17)10(16)9(15)7(6-14)22-12/h3,5,7,9-12,14-17H,2,4,6H2,1H3,(H,19,20,21)/b5-3-,13-8?/t7-,9-,10+,11-,12+,25+/m1/s1. The van der Waals surface area contributed by atoms with Crippen LogP contribution in [0.5, 0.6) is 0 Å². The van der Waals surface area contributed by atoms with Crippen LogP contribution in [0.25, 0.3) is 0 Å². The van der Waals surface area contributed by atoms with E-state index in [0.717, 1.165) is 0 Å². The number of nitrogens with zero attached hydrogens (tertiary/aromatic N) is 1. The summed E-state index contributed by atoms with van der Waals surface area (Å²) in [5, 5.41) is 43.3. The van der Waals surface area contributed by atoms with Gasteiger partial charge in [0.2, 0.25) is 0 Å². The van der Waals surface area contributed by atoms with Gasteiger partial charge in [-0.1, -0.05) is 23.0 Å². The van der Waals surface area contributed by atoms with Crippen molar-refractivity contribution in [2.45, 2.75) is 42.7 Å². The molecule has 0 unspecified atom stereocenters. The fourth-order valence-electron chi connectivity index (χ4n) is 1.92. The van der Waals surface area contributed by atoms with E-state index in [9.17, 15) is 27.9 Å². The highest BCUT2D eigenvalue weighted by Crippen LogP contribution is 2.30. The summed E-state index contributed by atoms with van der Waals surface area (Å²) in [7, 11) is -6.03. The number of rotatable bonds is 8. The van der Waals surface area contributed by atoms with E-state index < -0.39 is 57.7 Å². The number of oxime groups is 1. The lowest BCUT2D eigenvalue weighted by molar-refractivity contribution is -0.205. The molecular weight excluding hydrogens is 414 g/mol. The van der Waals surface area contributed by atoms with Crippen molar-refractivity contribution in [3.63, 3.8) is 0 Å². The van der Waals surface area contributed by atoms with E-state index in [0.29, 0.717) is 11.8 Å². The van der Waals surface area contributed by atoms with Crippen LogP contribution in [0, 0.1) is 0 Å². The van der Waals surface area contributed by atoms with Crippen LogP contribution in [0.15, 0.2) is 16.6 Å². The fourth-order valence-corrected chi connectivity index (χ4v) is 3.65. The lowest BCUT2D eigenvalue weighted by Crippen LogP contribution is -2.57. The molecular formula is C12H21NO10S3. The second-order valence-corrected chi connectivity index (χ2v) is 8.66. The average Bonchev–Trinajstić information content (AvgIpc) is 2.55. The highest BCUT2D eigenvalue weighted by Gasteiger charge is 2.44. The van der Waals surface area contributed by atoms with Gasteiger partial charge in [0.05, 0.1) is 6.61 Å². The molecule has 152 valence electrons. The monoisotopic (exact) mass is 435 g/mol. The van der Waals surface area contributed by atoms with Crippen molar-refractivity contribution in [2.75, 3.05) is 12.9 Å². The van der Waals surface area contributed by atoms with Crippen molar-refractivity contribution in [3.05, 3.63) is 11.5 Å². The van der Waals surface area contributed by atoms with Crippen molar-refractivity contribution in [1.29, 1.82) is 0 Å². The quantitative estimate of drug-likeness (QED) is 0.127. The van der Waals surface area contributed by atoms with Gasteiger partial charge in [-0.25, -0.2) is 4.28 Å². The first kappa shape index (κ1) is 23.5. The lowest BCUT2D eigenvalue weighted by atomic mass is 10.0. The highest BCUT2D eigenvalue weighted by atomic mass is 32.3. The molecule has 1 heterocycles. The van der Waals surface area contributed by atoms with Gasteiger partial charge in [-0.15, -0.1) is 0 Å². The molecule has 0 spiro atoms. The molecule has 0 aromatic heterocycles. The Hall–Kier alpha value is -0.580. The van der Waals surface area contributed by atoms with Gasteiger partial charge in [-0.2, -0.15) is 8.42 Å². The Morgan fingerprint density at radius 3 is 2.50 bits per heavy atom. The van der Waals surface area contributed by atoms with Gasteiger partial charge in [-0.3, -0.25) is 8.76 Å². The number of allylic oxidation sites excluding steroid dienone is 1. The van der Waals surface area contributed by atoms with Crippen LogP contribution in [-0.4, -0.2) is 85.4 Å². The number of ether oxygens (including phenoxy) is 1. The molecule has 1 aliphatic rings. The van der Waals surface area contributed by atoms with Crippen LogP contribution in [0.4, 0.5) is 0 Å². The first-order chi connectivity index (χ1) is 12.0. The lowest BCUT2D eigenvalue weighted by Gasteiger charge is -2.39. The van der Waals surface area contributed by atoms with Gasteiger partial charge >= 0.3 is 10.4 Å². The molecule has 1 fully saturated rings. The Kier molecular flexibility index (Phi) is 9.63. The molecule has 0 bridgehead atoms. The predicted molar refractivity (Wildman–Crippen MR) is 93.9 cm³/mol. The van der Waals surface area contributed by atoms with Crippen LogP contribution < -0.4 is 0 Å². The van der Waals surface area contributed by atoms with Crippen molar-refractivity contribution in [1.82, 2.24) is 0 Å². The van der Waals surface area contributed by atoms with Gasteiger partial charge < -0.3 is 25.2 Å². The minimum Gasteiger partial charge on any atom is -0.394 e. The summed E-state index contributed by atoms with van der Waals surface area (Å²) < 4.78 is 50.2. The summed E-state index contributed by atoms with van der Waals surface area (Å²) in [5.41, 5.74) is -1.20. The van der Waals surface area contributed by atoms with Gasteiger partial charge in [-0.05, 0) is 11.8 Å². The molecule has 1 aliphatic heterocycles. The first-order valence-corrected chi connectivity index (χ1v) is 11.1. The molecule has 14 heteroatoms. The summed E-state index contributed by atoms with van der Waals surface area (Å²) in [6.07, 6.45) is -2.50. The van der Waals surface area contributed by atoms with Gasteiger partial charge in [0.1, 0.15) is 34.9 Å². The minimum absolute atomic E-state index is 0.0292. The Labute approximate surface area is 157 Å². The largest absolute Gasteiger partial charge is 0.466 e. The number of hydrogen-bond donors (Lipinski definition) is 5. The molecule has 5 N–H and O–H groups in total. The second kappa shape index (κ2) is 10.7. The van der Waals surface area contributed by atoms with E-state index in [4.69, 9.17) is 14.4 Å². The Balaban J connectivity index is 2.87. The molecule has 1 rings (SSSR count). The van der Waals surface area contributed by atoms with Crippen molar-refractivity contribution in [3.8, 4) is 0 Å². The maximum Gasteiger partial charge on any atom is 0.466 e. The van der Waals surface area contributed by atoms with Gasteiger partial charge in [0.25, 0.3) is 0 Å². The van der Waals surface area contributed by atoms with Crippen LogP contribution >= 0.6 is 11.8 Å². The molecule has 0 radical (unpaired) electrons. The molecule has 0 aliphatic carbocycles. The van der Waals surface area contributed by atoms with Gasteiger partial charge in [0.15, 0.2) is 0 Å². The Morgan fingerprint density at radius 2 is 1.96 bits per heavy atom. The van der Waals surface area contributed by atoms with E-state index in [1.54, 1.807) is 6.08 Å². The summed E-state index contributed by atoms with van der Waals surface area (Å²) in [5.74, 6) is 0. The van der Waals surface area contributed by atoms with Crippen molar-refractivity contribution in [2.24, 2.45) is 5.16 Å². The number of aliphatic hydroxyl groups is 4. The minimum atomic E-state index is -4.85. The molecule has 11 nitrogen and oxygen atoms in total. The first-order valence-electron chi connectivity index (χ1n) is 7.24. The molecule has 26 heavy (non-hydrogen) atoms. The van der Waals surface area contributed by atoms with E-state index in [-0.39, 0.29) is 17.9 Å². The van der Waals surface area contributed by atoms with E-state index in [1.807, 2.05) is 0 Å². The number of thioether (sulfide) groups is 1. The Bertz CT molecular complexity index is 635. The molecule has 1 saturated heterocycles. The summed E-state index contributed by atoms with van der Waals surface area (Å²) >= 11 is 0.683. The summed E-state index contributed by atoms with van der Waals surface area (Å²) in [4.78, 5) is 0. The molecule has 0 saturated carbocycles. The smallest absolute Gasteiger partial charge is 0.394 e. The third-order valence-corrected chi connectivity index (χ3v) is 5.16. The normalized spacial score (nSPS) is 31.9. The summed E-state index contributed by atoms with van der Waals surface area (Å²) in [6.45, 7) is -0.624. The van der Waals surface area contributed by atoms with E-state index in [2.05, 4.69) is 9.44 Å². The third kappa shape index (κ3) is 7.98. The van der Waals surface area contributed by atoms with Crippen molar-refractivity contribution >= 4 is 38.0 Å². The van der Waals surface area contributed by atoms with Crippen LogP contribution in [0.2, 0.25) is 0 Å². The molecule has 0 aromatic carbocycles. The fraction of sp³-hybridized carbons (Fsp3) is 0.750. The molecule has 6 atom stereocenters. The second-order valence-electron chi connectivity index (χ2n) is 5.21. The zero-order valence-corrected chi connectivity index (χ0v) is 16.1. The van der Waals surface area contributed by atoms with Crippen molar-refractivity contribution < 1.29 is 46.6 Å². The number of aliphatic hydroxyl groups excluding tert-OH is 4. The zero-order valence-electron chi connectivity index (χ0n) is 13.6. The van der Waals surface area contributed by atoms with E-state index in [1.165, 1.54) is 11.7 Å². The topological polar surface area (TPSA) is 183 Å². The molecule has 0 amide bonds. The maximum atomic E-state index is 11.0. The highest BCUT2D eigenvalue weighted by molar-refractivity contribution is 8.14. The van der Waals surface area contributed by atoms with E-state index >= 15 is 0 Å². The SMILES string of the molecule is C[S@](=O)/C=C\CCC(=NOS(=O)(=O)O)S[C@@H]1O[C@H](CO)[C@@H](O)[C@H](O)[C@H]1O. The average molecular weight is 435 g/mol. The Morgan fingerprint density at radius 1 is 1.31 bits per heavy atom. The molecule has 0 aromatic rings. The van der Waals surface area contributed by atoms with Gasteiger partial charge in [0, 0.05) is 23.5 Å².